The fourth-order valence-electron chi connectivity index (χ4n) is 2.51. The van der Waals surface area contributed by atoms with E-state index >= 15 is 0 Å². The molecule has 8 nitrogen and oxygen atoms in total. The first kappa shape index (κ1) is 23.2. The third kappa shape index (κ3) is 7.01. The molecule has 0 saturated carbocycles. The van der Waals surface area contributed by atoms with Crippen LogP contribution in [0.15, 0.2) is 33.9 Å². The van der Waals surface area contributed by atoms with Crippen LogP contribution in [0.5, 0.6) is 0 Å². The molecule has 0 aliphatic rings. The van der Waals surface area contributed by atoms with E-state index in [9.17, 15) is 13.2 Å². The second-order valence-electron chi connectivity index (χ2n) is 8.09. The highest BCUT2D eigenvalue weighted by molar-refractivity contribution is 7.90. The Morgan fingerprint density at radius 2 is 1.90 bits per heavy atom. The Kier molecular flexibility index (Phi) is 7.29. The zero-order valence-electron chi connectivity index (χ0n) is 17.1. The minimum atomic E-state index is -3.90. The van der Waals surface area contributed by atoms with Crippen LogP contribution < -0.4 is 5.32 Å². The molecule has 0 fully saturated rings. The number of carbonyl (C=O) groups excluding carboxylic acids is 1. The lowest BCUT2D eigenvalue weighted by Gasteiger charge is -2.22. The lowest BCUT2D eigenvalue weighted by atomic mass is 10.0. The van der Waals surface area contributed by atoms with Crippen molar-refractivity contribution in [1.29, 1.82) is 0 Å². The van der Waals surface area contributed by atoms with E-state index < -0.39 is 32.8 Å². The first-order valence-corrected chi connectivity index (χ1v) is 11.2. The molecule has 1 aromatic carbocycles. The third-order valence-electron chi connectivity index (χ3n) is 3.69. The quantitative estimate of drug-likeness (QED) is 0.678. The number of hydrogen-bond acceptors (Lipinski definition) is 7. The highest BCUT2D eigenvalue weighted by atomic mass is 35.5. The van der Waals surface area contributed by atoms with E-state index in [0.29, 0.717) is 17.0 Å². The lowest BCUT2D eigenvalue weighted by Crippen LogP contribution is -2.35. The monoisotopic (exact) mass is 443 g/mol. The SMILES string of the molecule is CC(C)C[C@@H](NC(=O)OC(C)(C)C)c1nnc(S(=O)(=O)Cc2ccccc2Cl)o1. The van der Waals surface area contributed by atoms with Crippen LogP contribution in [0.3, 0.4) is 0 Å². The average molecular weight is 444 g/mol. The van der Waals surface area contributed by atoms with Gasteiger partial charge in [0, 0.05) is 5.02 Å². The lowest BCUT2D eigenvalue weighted by molar-refractivity contribution is 0.0487. The van der Waals surface area contributed by atoms with E-state index in [-0.39, 0.29) is 17.6 Å². The molecule has 0 bridgehead atoms. The number of rotatable bonds is 7. The Morgan fingerprint density at radius 3 is 2.48 bits per heavy atom. The van der Waals surface area contributed by atoms with E-state index in [4.69, 9.17) is 20.8 Å². The number of benzene rings is 1. The summed E-state index contributed by atoms with van der Waals surface area (Å²) in [5.74, 6) is -0.199. The molecule has 0 saturated heterocycles. The summed E-state index contributed by atoms with van der Waals surface area (Å²) in [6.07, 6.45) is -0.187. The third-order valence-corrected chi connectivity index (χ3v) is 5.44. The summed E-state index contributed by atoms with van der Waals surface area (Å²) in [7, 11) is -3.90. The molecular weight excluding hydrogens is 418 g/mol. The van der Waals surface area contributed by atoms with Crippen molar-refractivity contribution in [2.24, 2.45) is 5.92 Å². The number of halogens is 1. The molecule has 0 radical (unpaired) electrons. The van der Waals surface area contributed by atoms with Gasteiger partial charge in [0.25, 0.3) is 0 Å². The zero-order valence-corrected chi connectivity index (χ0v) is 18.7. The van der Waals surface area contributed by atoms with Crippen molar-refractivity contribution in [3.8, 4) is 0 Å². The van der Waals surface area contributed by atoms with Gasteiger partial charge in [0.2, 0.25) is 15.7 Å². The molecule has 1 aromatic heterocycles. The van der Waals surface area contributed by atoms with Crippen molar-refractivity contribution < 1.29 is 22.4 Å². The van der Waals surface area contributed by atoms with Crippen LogP contribution in [0.1, 0.15) is 58.5 Å². The molecule has 0 aliphatic heterocycles. The normalized spacial score (nSPS) is 13.3. The molecule has 160 valence electrons. The molecule has 0 spiro atoms. The molecule has 1 N–H and O–H groups in total. The van der Waals surface area contributed by atoms with Gasteiger partial charge in [0.05, 0.1) is 5.75 Å². The molecule has 0 unspecified atom stereocenters. The summed E-state index contributed by atoms with van der Waals surface area (Å²) < 4.78 is 36.0. The standard InChI is InChI=1S/C19H26ClN3O5S/c1-12(2)10-15(21-17(24)28-19(3,4)5)16-22-23-18(27-16)29(25,26)11-13-8-6-7-9-14(13)20/h6-9,12,15H,10-11H2,1-5H3,(H,21,24)/t15-/m1/s1. The number of alkyl carbamates (subject to hydrolysis) is 1. The van der Waals surface area contributed by atoms with Crippen LogP contribution in [0.2, 0.25) is 5.02 Å². The summed E-state index contributed by atoms with van der Waals surface area (Å²) in [4.78, 5) is 12.2. The smallest absolute Gasteiger partial charge is 0.408 e. The van der Waals surface area contributed by atoms with Gasteiger partial charge in [-0.15, -0.1) is 5.10 Å². The summed E-state index contributed by atoms with van der Waals surface area (Å²) in [6.45, 7) is 9.15. The molecule has 1 heterocycles. The van der Waals surface area contributed by atoms with Crippen LogP contribution in [0, 0.1) is 5.92 Å². The molecule has 2 rings (SSSR count). The van der Waals surface area contributed by atoms with E-state index in [1.807, 2.05) is 13.8 Å². The summed E-state index contributed by atoms with van der Waals surface area (Å²) in [6, 6.07) is 5.95. The maximum Gasteiger partial charge on any atom is 0.408 e. The number of aromatic nitrogens is 2. The number of carbonyl (C=O) groups is 1. The first-order valence-electron chi connectivity index (χ1n) is 9.16. The number of ether oxygens (including phenoxy) is 1. The van der Waals surface area contributed by atoms with E-state index in [0.717, 1.165) is 0 Å². The van der Waals surface area contributed by atoms with Gasteiger partial charge >= 0.3 is 11.3 Å². The Balaban J connectivity index is 2.23. The molecule has 2 aromatic rings. The van der Waals surface area contributed by atoms with Gasteiger partial charge < -0.3 is 14.5 Å². The Hall–Kier alpha value is -2.13. The van der Waals surface area contributed by atoms with Crippen molar-refractivity contribution in [2.45, 2.75) is 63.7 Å². The minimum absolute atomic E-state index is 0.00212. The van der Waals surface area contributed by atoms with Gasteiger partial charge in [0.1, 0.15) is 11.6 Å². The van der Waals surface area contributed by atoms with Crippen LogP contribution in [0.25, 0.3) is 0 Å². The zero-order chi connectivity index (χ0) is 21.8. The Morgan fingerprint density at radius 1 is 1.24 bits per heavy atom. The fourth-order valence-corrected chi connectivity index (χ4v) is 3.96. The van der Waals surface area contributed by atoms with Gasteiger partial charge in [-0.25, -0.2) is 13.2 Å². The van der Waals surface area contributed by atoms with Gasteiger partial charge in [-0.1, -0.05) is 48.7 Å². The van der Waals surface area contributed by atoms with Gasteiger partial charge in [-0.05, 0) is 44.7 Å². The predicted octanol–water partition coefficient (Wildman–Crippen LogP) is 4.31. The molecule has 10 heteroatoms. The van der Waals surface area contributed by atoms with Crippen molar-refractivity contribution in [2.75, 3.05) is 0 Å². The molecule has 29 heavy (non-hydrogen) atoms. The van der Waals surface area contributed by atoms with Crippen molar-refractivity contribution in [1.82, 2.24) is 15.5 Å². The highest BCUT2D eigenvalue weighted by Crippen LogP contribution is 2.25. The van der Waals surface area contributed by atoms with Crippen LogP contribution >= 0.6 is 11.6 Å². The van der Waals surface area contributed by atoms with E-state index in [1.54, 1.807) is 45.0 Å². The Labute approximate surface area is 175 Å². The van der Waals surface area contributed by atoms with Gasteiger partial charge in [-0.3, -0.25) is 0 Å². The minimum Gasteiger partial charge on any atom is -0.444 e. The van der Waals surface area contributed by atoms with Crippen LogP contribution in [-0.4, -0.2) is 30.3 Å². The van der Waals surface area contributed by atoms with Crippen LogP contribution in [-0.2, 0) is 20.3 Å². The highest BCUT2D eigenvalue weighted by Gasteiger charge is 2.29. The van der Waals surface area contributed by atoms with Gasteiger partial charge in [0.15, 0.2) is 0 Å². The second-order valence-corrected chi connectivity index (χ2v) is 10.4. The van der Waals surface area contributed by atoms with Gasteiger partial charge in [-0.2, -0.15) is 0 Å². The molecular formula is C19H26ClN3O5S. The summed E-state index contributed by atoms with van der Waals surface area (Å²) in [5.41, 5.74) is -0.246. The first-order chi connectivity index (χ1) is 13.4. The maximum absolute atomic E-state index is 12.7. The number of nitrogens with zero attached hydrogens (tertiary/aromatic N) is 2. The van der Waals surface area contributed by atoms with Crippen LogP contribution in [0.4, 0.5) is 4.79 Å². The summed E-state index contributed by atoms with van der Waals surface area (Å²) in [5, 5.41) is 10.0. The molecule has 1 amide bonds. The number of amides is 1. The van der Waals surface area contributed by atoms with Crippen molar-refractivity contribution >= 4 is 27.5 Å². The number of sulfone groups is 1. The predicted molar refractivity (Wildman–Crippen MR) is 108 cm³/mol. The maximum atomic E-state index is 12.7. The van der Waals surface area contributed by atoms with Crippen molar-refractivity contribution in [3.05, 3.63) is 40.7 Å². The average Bonchev–Trinajstić information content (AvgIpc) is 3.05. The fraction of sp³-hybridized carbons (Fsp3) is 0.526. The largest absolute Gasteiger partial charge is 0.444 e. The topological polar surface area (TPSA) is 111 Å². The van der Waals surface area contributed by atoms with E-state index in [2.05, 4.69) is 15.5 Å². The second kappa shape index (κ2) is 9.13. The molecule has 0 aliphatic carbocycles. The Bertz CT molecular complexity index is 951. The molecule has 1 atom stereocenters. The summed E-state index contributed by atoms with van der Waals surface area (Å²) >= 11 is 6.05. The van der Waals surface area contributed by atoms with Crippen molar-refractivity contribution in [3.63, 3.8) is 0 Å². The number of hydrogen-bond donors (Lipinski definition) is 1. The van der Waals surface area contributed by atoms with E-state index in [1.165, 1.54) is 0 Å². The number of nitrogens with one attached hydrogen (secondary N) is 1.